The molecule has 2 aromatic rings. The van der Waals surface area contributed by atoms with Gasteiger partial charge in [0, 0.05) is 18.1 Å². The molecule has 1 aliphatic rings. The number of alkyl halides is 1. The Hall–Kier alpha value is -1.55. The van der Waals surface area contributed by atoms with Crippen molar-refractivity contribution in [2.75, 3.05) is 5.73 Å². The van der Waals surface area contributed by atoms with Gasteiger partial charge in [0.15, 0.2) is 0 Å². The molecule has 1 aliphatic carbocycles. The van der Waals surface area contributed by atoms with Crippen LogP contribution in [0.1, 0.15) is 24.2 Å². The number of nitrogens with zero attached hydrogens (tertiary/aromatic N) is 3. The summed E-state index contributed by atoms with van der Waals surface area (Å²) in [5.41, 5.74) is 7.70. The van der Waals surface area contributed by atoms with Crippen LogP contribution >= 0.6 is 11.6 Å². The first-order chi connectivity index (χ1) is 8.62. The molecule has 1 heterocycles. The van der Waals surface area contributed by atoms with Crippen LogP contribution in [0.5, 0.6) is 0 Å². The number of halogens is 1. The molecule has 4 nitrogen and oxygen atoms in total. The molecular weight excluding hydrogens is 248 g/mol. The zero-order chi connectivity index (χ0) is 12.8. The Morgan fingerprint density at radius 2 is 2.22 bits per heavy atom. The van der Waals surface area contributed by atoms with Gasteiger partial charge in [-0.2, -0.15) is 0 Å². The Morgan fingerprint density at radius 1 is 1.44 bits per heavy atom. The van der Waals surface area contributed by atoms with Crippen molar-refractivity contribution in [2.24, 2.45) is 7.05 Å². The van der Waals surface area contributed by atoms with E-state index in [4.69, 9.17) is 17.3 Å². The molecule has 5 heteroatoms. The van der Waals surface area contributed by atoms with Gasteiger partial charge in [-0.1, -0.05) is 12.1 Å². The van der Waals surface area contributed by atoms with Gasteiger partial charge in [-0.25, -0.2) is 0 Å². The van der Waals surface area contributed by atoms with E-state index in [0.717, 1.165) is 24.4 Å². The lowest BCUT2D eigenvalue weighted by Gasteiger charge is -2.44. The number of hydrogen-bond acceptors (Lipinski definition) is 3. The average Bonchev–Trinajstić information content (AvgIpc) is 2.71. The second-order valence-corrected chi connectivity index (χ2v) is 5.60. The third-order valence-corrected chi connectivity index (χ3v) is 4.03. The highest BCUT2D eigenvalue weighted by atomic mass is 35.5. The lowest BCUT2D eigenvalue weighted by Crippen LogP contribution is -2.45. The zero-order valence-electron chi connectivity index (χ0n) is 10.2. The SMILES string of the molecule is Cn1cnnc1C1(c2cccc(N)c2)CC(Cl)C1. The van der Waals surface area contributed by atoms with Crippen molar-refractivity contribution in [3.63, 3.8) is 0 Å². The number of nitrogens with two attached hydrogens (primary N) is 1. The number of rotatable bonds is 2. The predicted molar refractivity (Wildman–Crippen MR) is 71.5 cm³/mol. The van der Waals surface area contributed by atoms with E-state index < -0.39 is 0 Å². The molecule has 0 saturated heterocycles. The summed E-state index contributed by atoms with van der Waals surface area (Å²) in [6, 6.07) is 7.97. The Kier molecular flexibility index (Phi) is 2.55. The molecule has 0 aliphatic heterocycles. The second kappa shape index (κ2) is 3.99. The van der Waals surface area contributed by atoms with Gasteiger partial charge in [0.25, 0.3) is 0 Å². The van der Waals surface area contributed by atoms with Crippen molar-refractivity contribution in [2.45, 2.75) is 23.6 Å². The van der Waals surface area contributed by atoms with Crippen molar-refractivity contribution < 1.29 is 0 Å². The predicted octanol–water partition coefficient (Wildman–Crippen LogP) is 2.08. The Morgan fingerprint density at radius 3 is 2.78 bits per heavy atom. The van der Waals surface area contributed by atoms with E-state index in [0.29, 0.717) is 0 Å². The summed E-state index contributed by atoms with van der Waals surface area (Å²) in [7, 11) is 1.96. The highest BCUT2D eigenvalue weighted by Gasteiger charge is 2.49. The molecular formula is C13H15ClN4. The third-order valence-electron chi connectivity index (χ3n) is 3.72. The molecule has 0 atom stereocenters. The third kappa shape index (κ3) is 1.60. The fraction of sp³-hybridized carbons (Fsp3) is 0.385. The van der Waals surface area contributed by atoms with Crippen LogP contribution in [0.25, 0.3) is 0 Å². The molecule has 1 aromatic heterocycles. The van der Waals surface area contributed by atoms with E-state index in [1.807, 2.05) is 29.8 Å². The molecule has 0 unspecified atom stereocenters. The normalized spacial score (nSPS) is 26.9. The summed E-state index contributed by atoms with van der Waals surface area (Å²) in [4.78, 5) is 0. The number of nitrogen functional groups attached to an aromatic ring is 1. The van der Waals surface area contributed by atoms with E-state index in [1.54, 1.807) is 6.33 Å². The number of aryl methyl sites for hydroxylation is 1. The van der Waals surface area contributed by atoms with Gasteiger partial charge in [0.1, 0.15) is 12.2 Å². The molecule has 1 fully saturated rings. The Bertz CT molecular complexity index is 572. The van der Waals surface area contributed by atoms with Crippen LogP contribution in [0.15, 0.2) is 30.6 Å². The molecule has 94 valence electrons. The van der Waals surface area contributed by atoms with Crippen LogP contribution in [-0.4, -0.2) is 20.1 Å². The fourth-order valence-corrected chi connectivity index (χ4v) is 3.32. The molecule has 0 radical (unpaired) electrons. The highest BCUT2D eigenvalue weighted by molar-refractivity contribution is 6.21. The van der Waals surface area contributed by atoms with Gasteiger partial charge < -0.3 is 10.3 Å². The largest absolute Gasteiger partial charge is 0.399 e. The maximum Gasteiger partial charge on any atom is 0.143 e. The maximum absolute atomic E-state index is 6.20. The average molecular weight is 263 g/mol. The highest BCUT2D eigenvalue weighted by Crippen LogP contribution is 2.50. The van der Waals surface area contributed by atoms with E-state index in [9.17, 15) is 0 Å². The Labute approximate surface area is 111 Å². The van der Waals surface area contributed by atoms with Crippen LogP contribution in [0.4, 0.5) is 5.69 Å². The zero-order valence-corrected chi connectivity index (χ0v) is 10.9. The van der Waals surface area contributed by atoms with Crippen LogP contribution in [0.3, 0.4) is 0 Å². The second-order valence-electron chi connectivity index (χ2n) is 4.98. The lowest BCUT2D eigenvalue weighted by atomic mass is 9.63. The summed E-state index contributed by atoms with van der Waals surface area (Å²) in [5.74, 6) is 0.963. The summed E-state index contributed by atoms with van der Waals surface area (Å²) in [6.45, 7) is 0. The van der Waals surface area contributed by atoms with Gasteiger partial charge in [-0.05, 0) is 30.5 Å². The quantitative estimate of drug-likeness (QED) is 0.666. The molecule has 3 rings (SSSR count). The fourth-order valence-electron chi connectivity index (χ4n) is 2.80. The van der Waals surface area contributed by atoms with E-state index >= 15 is 0 Å². The van der Waals surface area contributed by atoms with Gasteiger partial charge in [0.05, 0.1) is 5.41 Å². The van der Waals surface area contributed by atoms with E-state index in [1.165, 1.54) is 5.56 Å². The molecule has 1 saturated carbocycles. The van der Waals surface area contributed by atoms with Crippen molar-refractivity contribution in [3.05, 3.63) is 42.0 Å². The van der Waals surface area contributed by atoms with Gasteiger partial charge in [-0.3, -0.25) is 0 Å². The van der Waals surface area contributed by atoms with Crippen molar-refractivity contribution in [3.8, 4) is 0 Å². The molecule has 0 bridgehead atoms. The maximum atomic E-state index is 6.20. The molecule has 2 N–H and O–H groups in total. The van der Waals surface area contributed by atoms with Crippen LogP contribution < -0.4 is 5.73 Å². The van der Waals surface area contributed by atoms with Gasteiger partial charge in [0.2, 0.25) is 0 Å². The standard InChI is InChI=1S/C13H15ClN4/c1-18-8-16-17-12(18)13(6-10(14)7-13)9-3-2-4-11(15)5-9/h2-5,8,10H,6-7,15H2,1H3. The van der Waals surface area contributed by atoms with E-state index in [-0.39, 0.29) is 10.8 Å². The van der Waals surface area contributed by atoms with E-state index in [2.05, 4.69) is 16.3 Å². The van der Waals surface area contributed by atoms with Crippen LogP contribution in [0, 0.1) is 0 Å². The number of hydrogen-bond donors (Lipinski definition) is 1. The number of benzene rings is 1. The first kappa shape index (κ1) is 11.5. The first-order valence-electron chi connectivity index (χ1n) is 5.96. The van der Waals surface area contributed by atoms with Crippen molar-refractivity contribution in [1.82, 2.24) is 14.8 Å². The van der Waals surface area contributed by atoms with Crippen molar-refractivity contribution >= 4 is 17.3 Å². The van der Waals surface area contributed by atoms with Crippen LogP contribution in [-0.2, 0) is 12.5 Å². The smallest absolute Gasteiger partial charge is 0.143 e. The van der Waals surface area contributed by atoms with Gasteiger partial charge >= 0.3 is 0 Å². The molecule has 18 heavy (non-hydrogen) atoms. The molecule has 1 aromatic carbocycles. The Balaban J connectivity index is 2.11. The lowest BCUT2D eigenvalue weighted by molar-refractivity contribution is 0.285. The summed E-state index contributed by atoms with van der Waals surface area (Å²) >= 11 is 6.20. The topological polar surface area (TPSA) is 56.7 Å². The monoisotopic (exact) mass is 262 g/mol. The molecule has 0 amide bonds. The number of aromatic nitrogens is 3. The summed E-state index contributed by atoms with van der Waals surface area (Å²) in [6.07, 6.45) is 3.49. The minimum atomic E-state index is -0.132. The van der Waals surface area contributed by atoms with Crippen molar-refractivity contribution in [1.29, 1.82) is 0 Å². The summed E-state index contributed by atoms with van der Waals surface area (Å²) < 4.78 is 1.96. The van der Waals surface area contributed by atoms with Gasteiger partial charge in [-0.15, -0.1) is 21.8 Å². The minimum absolute atomic E-state index is 0.132. The minimum Gasteiger partial charge on any atom is -0.399 e. The number of anilines is 1. The van der Waals surface area contributed by atoms with Crippen LogP contribution in [0.2, 0.25) is 0 Å². The first-order valence-corrected chi connectivity index (χ1v) is 6.40. The summed E-state index contributed by atoms with van der Waals surface area (Å²) in [5, 5.41) is 8.44. The molecule has 0 spiro atoms.